The van der Waals surface area contributed by atoms with Gasteiger partial charge in [0.25, 0.3) is 5.91 Å². The van der Waals surface area contributed by atoms with Gasteiger partial charge in [-0.15, -0.1) is 0 Å². The van der Waals surface area contributed by atoms with Gasteiger partial charge in [-0.25, -0.2) is 4.79 Å². The van der Waals surface area contributed by atoms with Crippen LogP contribution in [0.25, 0.3) is 10.9 Å². The van der Waals surface area contributed by atoms with Crippen molar-refractivity contribution in [3.05, 3.63) is 71.4 Å². The first kappa shape index (κ1) is 19.9. The third-order valence-corrected chi connectivity index (χ3v) is 5.76. The summed E-state index contributed by atoms with van der Waals surface area (Å²) < 4.78 is 5.28. The minimum Gasteiger partial charge on any atom is -0.464 e. The Labute approximate surface area is 174 Å². The number of aromatic amines is 1. The van der Waals surface area contributed by atoms with Gasteiger partial charge in [-0.3, -0.25) is 14.5 Å². The van der Waals surface area contributed by atoms with Gasteiger partial charge in [0.15, 0.2) is 0 Å². The van der Waals surface area contributed by atoms with E-state index in [0.29, 0.717) is 11.1 Å². The predicted molar refractivity (Wildman–Crippen MR) is 113 cm³/mol. The van der Waals surface area contributed by atoms with E-state index < -0.39 is 29.2 Å². The predicted octanol–water partition coefficient (Wildman–Crippen LogP) is 3.60. The van der Waals surface area contributed by atoms with Crippen molar-refractivity contribution in [2.75, 3.05) is 6.61 Å². The second-order valence-corrected chi connectivity index (χ2v) is 7.98. The summed E-state index contributed by atoms with van der Waals surface area (Å²) in [5.41, 5.74) is 1.95. The van der Waals surface area contributed by atoms with E-state index in [9.17, 15) is 14.4 Å². The minimum atomic E-state index is -1.04. The molecule has 0 bridgehead atoms. The van der Waals surface area contributed by atoms with Crippen LogP contribution in [-0.2, 0) is 26.2 Å². The fraction of sp³-hybridized carbons (Fsp3) is 0.292. The quantitative estimate of drug-likeness (QED) is 0.521. The fourth-order valence-corrected chi connectivity index (χ4v) is 4.16. The average molecular weight is 404 g/mol. The van der Waals surface area contributed by atoms with Crippen molar-refractivity contribution in [3.63, 3.8) is 0 Å². The highest BCUT2D eigenvalue weighted by atomic mass is 16.5. The van der Waals surface area contributed by atoms with Crippen LogP contribution in [0.4, 0.5) is 0 Å². The Morgan fingerprint density at radius 2 is 1.80 bits per heavy atom. The van der Waals surface area contributed by atoms with Gasteiger partial charge >= 0.3 is 5.97 Å². The smallest absolute Gasteiger partial charge is 0.329 e. The maximum absolute atomic E-state index is 13.5. The third-order valence-electron chi connectivity index (χ3n) is 5.76. The number of hydrogen-bond donors (Lipinski definition) is 1. The summed E-state index contributed by atoms with van der Waals surface area (Å²) in [6, 6.07) is 13.7. The molecule has 2 aromatic carbocycles. The van der Waals surface area contributed by atoms with Crippen molar-refractivity contribution in [2.24, 2.45) is 0 Å². The number of imide groups is 1. The normalized spacial score (nSPS) is 16.4. The highest BCUT2D eigenvalue weighted by molar-refractivity contribution is 6.14. The molecule has 1 atom stereocenters. The number of para-hydroxylation sites is 1. The van der Waals surface area contributed by atoms with Crippen LogP contribution in [0.1, 0.15) is 42.3 Å². The molecule has 1 aromatic heterocycles. The molecule has 1 N–H and O–H groups in total. The van der Waals surface area contributed by atoms with Gasteiger partial charge in [-0.2, -0.15) is 0 Å². The molecular formula is C24H24N2O4. The number of aromatic nitrogens is 1. The van der Waals surface area contributed by atoms with Crippen LogP contribution in [0.5, 0.6) is 0 Å². The van der Waals surface area contributed by atoms with Crippen molar-refractivity contribution in [3.8, 4) is 0 Å². The van der Waals surface area contributed by atoms with E-state index in [1.165, 1.54) is 0 Å². The van der Waals surface area contributed by atoms with E-state index in [2.05, 4.69) is 4.98 Å². The number of nitrogens with zero attached hydrogens (tertiary/aromatic N) is 1. The van der Waals surface area contributed by atoms with Gasteiger partial charge < -0.3 is 9.72 Å². The number of benzene rings is 2. The zero-order valence-corrected chi connectivity index (χ0v) is 17.3. The summed E-state index contributed by atoms with van der Waals surface area (Å²) in [7, 11) is 0. The zero-order valence-electron chi connectivity index (χ0n) is 17.3. The van der Waals surface area contributed by atoms with E-state index in [1.807, 2.05) is 36.5 Å². The van der Waals surface area contributed by atoms with Gasteiger partial charge in [-0.05, 0) is 44.0 Å². The molecule has 2 amide bonds. The van der Waals surface area contributed by atoms with Gasteiger partial charge in [0.2, 0.25) is 5.91 Å². The highest BCUT2D eigenvalue weighted by Gasteiger charge is 2.49. The molecule has 3 aromatic rings. The summed E-state index contributed by atoms with van der Waals surface area (Å²) in [6.45, 7) is 5.43. The molecule has 6 heteroatoms. The van der Waals surface area contributed by atoms with Crippen molar-refractivity contribution >= 4 is 28.7 Å². The SMILES string of the molecule is CCOC(=O)C(Cc1c[nH]c2ccccc12)N1C(=O)c2ccccc2C(C)(C)C1=O. The number of H-pyrrole nitrogens is 1. The largest absolute Gasteiger partial charge is 0.464 e. The van der Waals surface area contributed by atoms with Crippen LogP contribution in [0.15, 0.2) is 54.7 Å². The topological polar surface area (TPSA) is 79.5 Å². The number of amides is 2. The average Bonchev–Trinajstić information content (AvgIpc) is 3.15. The van der Waals surface area contributed by atoms with E-state index in [1.54, 1.807) is 39.0 Å². The highest BCUT2D eigenvalue weighted by Crippen LogP contribution is 2.36. The van der Waals surface area contributed by atoms with Gasteiger partial charge in [-0.1, -0.05) is 36.4 Å². The Morgan fingerprint density at radius 3 is 2.57 bits per heavy atom. The van der Waals surface area contributed by atoms with Crippen LogP contribution < -0.4 is 0 Å². The third kappa shape index (κ3) is 3.09. The Bertz CT molecular complexity index is 1140. The number of nitrogens with one attached hydrogen (secondary N) is 1. The van der Waals surface area contributed by atoms with Gasteiger partial charge in [0, 0.05) is 29.1 Å². The van der Waals surface area contributed by atoms with Crippen molar-refractivity contribution in [1.29, 1.82) is 0 Å². The van der Waals surface area contributed by atoms with Gasteiger partial charge in [0.1, 0.15) is 6.04 Å². The number of ether oxygens (including phenoxy) is 1. The lowest BCUT2D eigenvalue weighted by Crippen LogP contribution is -2.58. The Kier molecular flexibility index (Phi) is 4.94. The number of carbonyl (C=O) groups excluding carboxylic acids is 3. The lowest BCUT2D eigenvalue weighted by atomic mass is 9.76. The first-order valence-electron chi connectivity index (χ1n) is 10.1. The van der Waals surface area contributed by atoms with Crippen LogP contribution in [0.2, 0.25) is 0 Å². The molecule has 1 unspecified atom stereocenters. The Hall–Kier alpha value is -3.41. The maximum atomic E-state index is 13.5. The molecule has 4 rings (SSSR count). The van der Waals surface area contributed by atoms with E-state index in [0.717, 1.165) is 21.4 Å². The molecule has 30 heavy (non-hydrogen) atoms. The molecule has 0 spiro atoms. The number of esters is 1. The molecule has 0 saturated carbocycles. The minimum absolute atomic E-state index is 0.166. The Balaban J connectivity index is 1.80. The molecule has 0 radical (unpaired) electrons. The van der Waals surface area contributed by atoms with Gasteiger partial charge in [0.05, 0.1) is 12.0 Å². The molecule has 6 nitrogen and oxygen atoms in total. The lowest BCUT2D eigenvalue weighted by Gasteiger charge is -2.40. The second kappa shape index (κ2) is 7.44. The molecular weight excluding hydrogens is 380 g/mol. The summed E-state index contributed by atoms with van der Waals surface area (Å²) in [4.78, 5) is 44.0. The van der Waals surface area contributed by atoms with Crippen LogP contribution >= 0.6 is 0 Å². The zero-order chi connectivity index (χ0) is 21.5. The molecule has 154 valence electrons. The van der Waals surface area contributed by atoms with Crippen LogP contribution in [0.3, 0.4) is 0 Å². The maximum Gasteiger partial charge on any atom is 0.329 e. The van der Waals surface area contributed by atoms with E-state index in [-0.39, 0.29) is 13.0 Å². The van der Waals surface area contributed by atoms with Crippen molar-refractivity contribution in [1.82, 2.24) is 9.88 Å². The monoisotopic (exact) mass is 404 g/mol. The summed E-state index contributed by atoms with van der Waals surface area (Å²) >= 11 is 0. The first-order chi connectivity index (χ1) is 14.4. The molecule has 1 aliphatic rings. The molecule has 0 fully saturated rings. The van der Waals surface area contributed by atoms with Crippen LogP contribution in [0, 0.1) is 0 Å². The summed E-state index contributed by atoms with van der Waals surface area (Å²) in [5.74, 6) is -1.45. The summed E-state index contributed by atoms with van der Waals surface area (Å²) in [5, 5.41) is 0.948. The second-order valence-electron chi connectivity index (χ2n) is 7.98. The summed E-state index contributed by atoms with van der Waals surface area (Å²) in [6.07, 6.45) is 1.99. The lowest BCUT2D eigenvalue weighted by molar-refractivity contribution is -0.154. The number of rotatable bonds is 5. The molecule has 1 aliphatic heterocycles. The Morgan fingerprint density at radius 1 is 1.10 bits per heavy atom. The standard InChI is InChI=1S/C24H24N2O4/c1-4-30-22(28)20(13-15-14-25-19-12-8-6-9-16(15)19)26-21(27)17-10-5-7-11-18(17)24(2,3)23(26)29/h5-12,14,20,25H,4,13H2,1-3H3. The molecule has 0 aliphatic carbocycles. The molecule has 0 saturated heterocycles. The van der Waals surface area contributed by atoms with Crippen LogP contribution in [-0.4, -0.2) is 40.3 Å². The molecule has 2 heterocycles. The number of hydrogen-bond acceptors (Lipinski definition) is 4. The fourth-order valence-electron chi connectivity index (χ4n) is 4.16. The van der Waals surface area contributed by atoms with Crippen molar-refractivity contribution in [2.45, 2.75) is 38.6 Å². The first-order valence-corrected chi connectivity index (χ1v) is 10.1. The number of carbonyl (C=O) groups is 3. The van der Waals surface area contributed by atoms with Crippen molar-refractivity contribution < 1.29 is 19.1 Å². The number of fused-ring (bicyclic) bond motifs is 2. The van der Waals surface area contributed by atoms with E-state index in [4.69, 9.17) is 4.74 Å². The van der Waals surface area contributed by atoms with E-state index >= 15 is 0 Å².